The lowest BCUT2D eigenvalue weighted by Crippen LogP contribution is -2.38. The quantitative estimate of drug-likeness (QED) is 0.785. The first-order valence-electron chi connectivity index (χ1n) is 6.02. The molecule has 4 nitrogen and oxygen atoms in total. The molecule has 1 aliphatic rings. The molecule has 1 fully saturated rings. The molecule has 0 aliphatic heterocycles. The van der Waals surface area contributed by atoms with Crippen molar-refractivity contribution in [2.45, 2.75) is 25.3 Å². The second-order valence-corrected chi connectivity index (χ2v) is 5.05. The van der Waals surface area contributed by atoms with Crippen LogP contribution in [-0.4, -0.2) is 28.8 Å². The molecule has 2 unspecified atom stereocenters. The third kappa shape index (κ3) is 2.76. The van der Waals surface area contributed by atoms with Crippen LogP contribution in [0.1, 0.15) is 29.6 Å². The number of benzene rings is 1. The number of nitrogens with one attached hydrogen (secondary N) is 1. The summed E-state index contributed by atoms with van der Waals surface area (Å²) in [5.74, 6) is -0.328. The Kier molecular flexibility index (Phi) is 4.09. The third-order valence-corrected chi connectivity index (χ3v) is 3.65. The van der Waals surface area contributed by atoms with E-state index in [1.54, 1.807) is 0 Å². The van der Waals surface area contributed by atoms with E-state index in [-0.39, 0.29) is 35.8 Å². The van der Waals surface area contributed by atoms with Crippen LogP contribution in [-0.2, 0) is 0 Å². The summed E-state index contributed by atoms with van der Waals surface area (Å²) in [6, 6.07) is 4.34. The van der Waals surface area contributed by atoms with Gasteiger partial charge in [0.1, 0.15) is 5.75 Å². The van der Waals surface area contributed by atoms with Crippen molar-refractivity contribution in [2.75, 3.05) is 6.61 Å². The van der Waals surface area contributed by atoms with E-state index in [9.17, 15) is 15.0 Å². The van der Waals surface area contributed by atoms with Gasteiger partial charge in [0.2, 0.25) is 0 Å². The van der Waals surface area contributed by atoms with Gasteiger partial charge in [0.05, 0.1) is 5.56 Å². The number of carbonyl (C=O) groups excluding carboxylic acids is 1. The molecule has 18 heavy (non-hydrogen) atoms. The molecule has 2 atom stereocenters. The van der Waals surface area contributed by atoms with Gasteiger partial charge in [0.15, 0.2) is 0 Å². The number of carbonyl (C=O) groups is 1. The number of hydrogen-bond donors (Lipinski definition) is 3. The van der Waals surface area contributed by atoms with Gasteiger partial charge in [-0.1, -0.05) is 18.0 Å². The molecule has 0 saturated heterocycles. The summed E-state index contributed by atoms with van der Waals surface area (Å²) in [6.45, 7) is 0.0759. The highest BCUT2D eigenvalue weighted by Crippen LogP contribution is 2.27. The van der Waals surface area contributed by atoms with Crippen molar-refractivity contribution in [3.63, 3.8) is 0 Å². The van der Waals surface area contributed by atoms with Crippen molar-refractivity contribution >= 4 is 17.5 Å². The Labute approximate surface area is 111 Å². The average molecular weight is 270 g/mol. The van der Waals surface area contributed by atoms with Crippen LogP contribution < -0.4 is 5.32 Å². The van der Waals surface area contributed by atoms with Crippen molar-refractivity contribution in [1.82, 2.24) is 5.32 Å². The second-order valence-electron chi connectivity index (χ2n) is 4.61. The molecule has 1 saturated carbocycles. The van der Waals surface area contributed by atoms with Gasteiger partial charge in [-0.05, 0) is 31.0 Å². The molecule has 5 heteroatoms. The minimum absolute atomic E-state index is 0.0270. The van der Waals surface area contributed by atoms with Crippen molar-refractivity contribution in [1.29, 1.82) is 0 Å². The van der Waals surface area contributed by atoms with Gasteiger partial charge in [-0.15, -0.1) is 0 Å². The predicted octanol–water partition coefficient (Wildman–Crippen LogP) is 1.94. The Morgan fingerprint density at radius 2 is 2.22 bits per heavy atom. The average Bonchev–Trinajstić information content (AvgIpc) is 2.79. The number of rotatable bonds is 3. The van der Waals surface area contributed by atoms with Crippen molar-refractivity contribution in [2.24, 2.45) is 5.92 Å². The van der Waals surface area contributed by atoms with Gasteiger partial charge in [-0.25, -0.2) is 0 Å². The molecular weight excluding hydrogens is 254 g/mol. The molecular formula is C13H16ClNO3. The molecule has 2 rings (SSSR count). The Morgan fingerprint density at radius 1 is 1.44 bits per heavy atom. The van der Waals surface area contributed by atoms with E-state index in [1.807, 2.05) is 0 Å². The Hall–Kier alpha value is -1.26. The van der Waals surface area contributed by atoms with Gasteiger partial charge in [-0.2, -0.15) is 0 Å². The zero-order valence-electron chi connectivity index (χ0n) is 9.90. The smallest absolute Gasteiger partial charge is 0.255 e. The highest BCUT2D eigenvalue weighted by molar-refractivity contribution is 6.31. The molecule has 0 aromatic heterocycles. The first-order chi connectivity index (χ1) is 8.61. The van der Waals surface area contributed by atoms with Crippen LogP contribution in [0.25, 0.3) is 0 Å². The second kappa shape index (κ2) is 5.59. The summed E-state index contributed by atoms with van der Waals surface area (Å²) in [5.41, 5.74) is 0.172. The highest BCUT2D eigenvalue weighted by Gasteiger charge is 2.28. The molecule has 1 amide bonds. The largest absolute Gasteiger partial charge is 0.507 e. The standard InChI is InChI=1S/C13H16ClNO3/c14-9-4-5-12(17)10(6-9)13(18)15-11-3-1-2-8(11)7-16/h4-6,8,11,16-17H,1-3,7H2,(H,15,18). The summed E-state index contributed by atoms with van der Waals surface area (Å²) in [5, 5.41) is 22.1. The first kappa shape index (κ1) is 13.2. The number of amides is 1. The monoisotopic (exact) mass is 269 g/mol. The van der Waals surface area contributed by atoms with E-state index in [0.717, 1.165) is 19.3 Å². The maximum atomic E-state index is 12.0. The summed E-state index contributed by atoms with van der Waals surface area (Å²) in [4.78, 5) is 12.0. The molecule has 1 aliphatic carbocycles. The summed E-state index contributed by atoms with van der Waals surface area (Å²) in [7, 11) is 0. The number of phenolic OH excluding ortho intramolecular Hbond substituents is 1. The predicted molar refractivity (Wildman–Crippen MR) is 68.8 cm³/mol. The lowest BCUT2D eigenvalue weighted by atomic mass is 10.0. The van der Waals surface area contributed by atoms with E-state index in [2.05, 4.69) is 5.32 Å². The van der Waals surface area contributed by atoms with Crippen LogP contribution in [0.2, 0.25) is 5.02 Å². The normalized spacial score (nSPS) is 23.0. The van der Waals surface area contributed by atoms with Gasteiger partial charge in [0.25, 0.3) is 5.91 Å². The zero-order valence-corrected chi connectivity index (χ0v) is 10.7. The SMILES string of the molecule is O=C(NC1CCCC1CO)c1cc(Cl)ccc1O. The van der Waals surface area contributed by atoms with E-state index in [0.29, 0.717) is 5.02 Å². The van der Waals surface area contributed by atoms with Crippen LogP contribution in [0.5, 0.6) is 5.75 Å². The van der Waals surface area contributed by atoms with Crippen molar-refractivity contribution in [3.8, 4) is 5.75 Å². The van der Waals surface area contributed by atoms with Gasteiger partial charge >= 0.3 is 0 Å². The van der Waals surface area contributed by atoms with E-state index < -0.39 is 0 Å². The summed E-state index contributed by atoms with van der Waals surface area (Å²) in [6.07, 6.45) is 2.78. The Balaban J connectivity index is 2.09. The third-order valence-electron chi connectivity index (χ3n) is 3.41. The minimum Gasteiger partial charge on any atom is -0.507 e. The summed E-state index contributed by atoms with van der Waals surface area (Å²) < 4.78 is 0. The molecule has 1 aromatic carbocycles. The maximum absolute atomic E-state index is 12.0. The Bertz CT molecular complexity index is 450. The fraction of sp³-hybridized carbons (Fsp3) is 0.462. The van der Waals surface area contributed by atoms with Crippen molar-refractivity contribution < 1.29 is 15.0 Å². The maximum Gasteiger partial charge on any atom is 0.255 e. The number of aromatic hydroxyl groups is 1. The lowest BCUT2D eigenvalue weighted by Gasteiger charge is -2.19. The fourth-order valence-corrected chi connectivity index (χ4v) is 2.55. The van der Waals surface area contributed by atoms with Crippen LogP contribution in [0, 0.1) is 5.92 Å². The number of hydrogen-bond acceptors (Lipinski definition) is 3. The van der Waals surface area contributed by atoms with Crippen LogP contribution >= 0.6 is 11.6 Å². The molecule has 3 N–H and O–H groups in total. The van der Waals surface area contributed by atoms with Gasteiger partial charge < -0.3 is 15.5 Å². The number of halogens is 1. The van der Waals surface area contributed by atoms with E-state index in [1.165, 1.54) is 18.2 Å². The molecule has 0 radical (unpaired) electrons. The fourth-order valence-electron chi connectivity index (χ4n) is 2.38. The highest BCUT2D eigenvalue weighted by atomic mass is 35.5. The lowest BCUT2D eigenvalue weighted by molar-refractivity contribution is 0.0913. The van der Waals surface area contributed by atoms with E-state index in [4.69, 9.17) is 11.6 Å². The van der Waals surface area contributed by atoms with Crippen LogP contribution in [0.3, 0.4) is 0 Å². The molecule has 0 spiro atoms. The number of phenols is 1. The van der Waals surface area contributed by atoms with Gasteiger partial charge in [-0.3, -0.25) is 4.79 Å². The van der Waals surface area contributed by atoms with Crippen molar-refractivity contribution in [3.05, 3.63) is 28.8 Å². The number of aliphatic hydroxyl groups is 1. The summed E-state index contributed by atoms with van der Waals surface area (Å²) >= 11 is 5.80. The first-order valence-corrected chi connectivity index (χ1v) is 6.40. The van der Waals surface area contributed by atoms with Gasteiger partial charge in [0, 0.05) is 23.6 Å². The Morgan fingerprint density at radius 3 is 2.94 bits per heavy atom. The molecule has 0 bridgehead atoms. The van der Waals surface area contributed by atoms with Crippen LogP contribution in [0.15, 0.2) is 18.2 Å². The topological polar surface area (TPSA) is 69.6 Å². The molecule has 1 aromatic rings. The zero-order chi connectivity index (χ0) is 13.1. The minimum atomic E-state index is -0.347. The van der Waals surface area contributed by atoms with Crippen LogP contribution in [0.4, 0.5) is 0 Å². The molecule has 98 valence electrons. The number of aliphatic hydroxyl groups excluding tert-OH is 1. The molecule has 0 heterocycles. The van der Waals surface area contributed by atoms with E-state index >= 15 is 0 Å².